The summed E-state index contributed by atoms with van der Waals surface area (Å²) >= 11 is 0. The van der Waals surface area contributed by atoms with Crippen LogP contribution in [0.3, 0.4) is 0 Å². The van der Waals surface area contributed by atoms with Crippen LogP contribution in [0.25, 0.3) is 0 Å². The number of aliphatic carboxylic acids is 1. The molecule has 54 heavy (non-hydrogen) atoms. The Balaban J connectivity index is 3.67. The van der Waals surface area contributed by atoms with Crippen LogP contribution in [0, 0.1) is 5.92 Å². The number of carbonyl (C=O) groups excluding carboxylic acids is 5. The molecule has 0 bridgehead atoms. The van der Waals surface area contributed by atoms with Crippen molar-refractivity contribution < 1.29 is 52.8 Å². The summed E-state index contributed by atoms with van der Waals surface area (Å²) in [4.78, 5) is 70.9. The van der Waals surface area contributed by atoms with Crippen molar-refractivity contribution in [2.75, 3.05) is 65.9 Å². The zero-order valence-corrected chi connectivity index (χ0v) is 33.6. The topological polar surface area (TPSA) is 208 Å². The summed E-state index contributed by atoms with van der Waals surface area (Å²) < 4.78 is 21.3. The number of hydrogen-bond acceptors (Lipinski definition) is 10. The van der Waals surface area contributed by atoms with Gasteiger partial charge in [0.1, 0.15) is 25.3 Å². The molecule has 15 heteroatoms. The molecule has 0 spiro atoms. The van der Waals surface area contributed by atoms with Crippen molar-refractivity contribution in [3.8, 4) is 0 Å². The van der Waals surface area contributed by atoms with Gasteiger partial charge in [-0.1, -0.05) is 90.9 Å². The molecule has 0 aliphatic carbocycles. The van der Waals surface area contributed by atoms with E-state index in [4.69, 9.17) is 24.1 Å². The molecule has 15 nitrogen and oxygen atoms in total. The second kappa shape index (κ2) is 35.6. The van der Waals surface area contributed by atoms with Crippen LogP contribution in [0.4, 0.5) is 0 Å². The molecule has 0 aromatic rings. The van der Waals surface area contributed by atoms with E-state index < -0.39 is 24.0 Å². The molecule has 0 aromatic heterocycles. The van der Waals surface area contributed by atoms with Gasteiger partial charge in [-0.25, -0.2) is 0 Å². The zero-order valence-electron chi connectivity index (χ0n) is 33.6. The first-order valence-electron chi connectivity index (χ1n) is 20.1. The Hall–Kier alpha value is -3.14. The number of ether oxygens (including phenoxy) is 4. The molecule has 0 saturated carbocycles. The van der Waals surface area contributed by atoms with Gasteiger partial charge in [0.15, 0.2) is 5.78 Å². The van der Waals surface area contributed by atoms with Gasteiger partial charge in [-0.15, -0.1) is 0 Å². The molecule has 0 aliphatic heterocycles. The summed E-state index contributed by atoms with van der Waals surface area (Å²) in [6.07, 6.45) is 16.2. The third kappa shape index (κ3) is 33.4. The van der Waals surface area contributed by atoms with Gasteiger partial charge < -0.3 is 45.3 Å². The lowest BCUT2D eigenvalue weighted by Crippen LogP contribution is -2.51. The lowest BCUT2D eigenvalue weighted by Gasteiger charge is -2.18. The maximum absolute atomic E-state index is 12.5. The number of hydrogen-bond donors (Lipinski definition) is 5. The van der Waals surface area contributed by atoms with Gasteiger partial charge in [0.2, 0.25) is 23.6 Å². The highest BCUT2D eigenvalue weighted by Gasteiger charge is 2.20. The largest absolute Gasteiger partial charge is 0.481 e. The van der Waals surface area contributed by atoms with Crippen LogP contribution in [0.5, 0.6) is 0 Å². The molecular formula is C39H72N4O11. The monoisotopic (exact) mass is 773 g/mol. The second-order valence-electron chi connectivity index (χ2n) is 14.0. The summed E-state index contributed by atoms with van der Waals surface area (Å²) in [5, 5.41) is 19.3. The van der Waals surface area contributed by atoms with E-state index in [-0.39, 0.29) is 75.4 Å². The molecular weight excluding hydrogens is 700 g/mol. The van der Waals surface area contributed by atoms with E-state index in [1.165, 1.54) is 44.9 Å². The van der Waals surface area contributed by atoms with Crippen molar-refractivity contribution in [2.45, 2.75) is 143 Å². The summed E-state index contributed by atoms with van der Waals surface area (Å²) in [5.74, 6) is -2.00. The van der Waals surface area contributed by atoms with Gasteiger partial charge in [-0.05, 0) is 26.7 Å². The number of Topliss-reactive ketones (excluding diaryl/α,β-unsaturated/α-hetero) is 1. The van der Waals surface area contributed by atoms with E-state index in [9.17, 15) is 28.8 Å². The summed E-state index contributed by atoms with van der Waals surface area (Å²) in [6, 6.07) is -1.55. The minimum Gasteiger partial charge on any atom is -0.481 e. The normalized spacial score (nSPS) is 12.2. The molecule has 0 fully saturated rings. The SMILES string of the molecule is CC(C)C(=O)COCCOCCNC(=O)COCCOCCNC(=O)[C@H](C)NC(=O)[C@H](C)NC(=O)CCCCCCCCCCCCCCCCC(=O)O. The Kier molecular flexibility index (Phi) is 33.5. The lowest BCUT2D eigenvalue weighted by molar-refractivity contribution is -0.137. The first kappa shape index (κ1) is 50.9. The molecule has 0 heterocycles. The number of carboxylic acids is 1. The molecule has 0 unspecified atom stereocenters. The fraction of sp³-hybridized carbons (Fsp3) is 0.846. The minimum atomic E-state index is -0.792. The van der Waals surface area contributed by atoms with Crippen LogP contribution in [0.1, 0.15) is 130 Å². The highest BCUT2D eigenvalue weighted by Crippen LogP contribution is 2.14. The van der Waals surface area contributed by atoms with Crippen LogP contribution in [-0.4, -0.2) is 119 Å². The molecule has 0 radical (unpaired) electrons. The predicted octanol–water partition coefficient (Wildman–Crippen LogP) is 3.85. The second-order valence-corrected chi connectivity index (χ2v) is 14.0. The van der Waals surface area contributed by atoms with Crippen molar-refractivity contribution in [3.63, 3.8) is 0 Å². The van der Waals surface area contributed by atoms with Gasteiger partial charge in [0, 0.05) is 31.8 Å². The quantitative estimate of drug-likeness (QED) is 0.0570. The predicted molar refractivity (Wildman–Crippen MR) is 206 cm³/mol. The standard InChI is InChI=1S/C39H72N4O11/c1-31(2)34(44)29-53-27-25-51-23-21-40-36(46)30-54-28-26-52-24-22-41-38(49)32(3)43-39(50)33(4)42-35(45)19-17-15-13-11-9-7-5-6-8-10-12-14-16-18-20-37(47)48/h31-33H,5-30H2,1-4H3,(H,40,46)(H,41,49)(H,42,45)(H,43,50)(H,47,48)/t32-,33-/m0/s1. The summed E-state index contributed by atoms with van der Waals surface area (Å²) in [6.45, 7) is 8.90. The number of amides is 4. The van der Waals surface area contributed by atoms with Crippen LogP contribution in [0.2, 0.25) is 0 Å². The lowest BCUT2D eigenvalue weighted by atomic mass is 10.0. The highest BCUT2D eigenvalue weighted by atomic mass is 16.5. The Bertz CT molecular complexity index is 1030. The van der Waals surface area contributed by atoms with Crippen LogP contribution >= 0.6 is 0 Å². The Morgan fingerprint density at radius 3 is 1.39 bits per heavy atom. The van der Waals surface area contributed by atoms with Crippen LogP contribution in [0.15, 0.2) is 0 Å². The minimum absolute atomic E-state index is 0.0421. The first-order chi connectivity index (χ1) is 25.9. The number of ketones is 1. The Morgan fingerprint density at radius 1 is 0.463 bits per heavy atom. The third-order valence-corrected chi connectivity index (χ3v) is 8.55. The third-order valence-electron chi connectivity index (χ3n) is 8.55. The van der Waals surface area contributed by atoms with Gasteiger partial charge in [-0.3, -0.25) is 28.8 Å². The number of carbonyl (C=O) groups is 6. The molecule has 0 aliphatic rings. The van der Waals surface area contributed by atoms with E-state index in [0.29, 0.717) is 32.8 Å². The fourth-order valence-electron chi connectivity index (χ4n) is 5.12. The van der Waals surface area contributed by atoms with Crippen LogP contribution < -0.4 is 21.3 Å². The zero-order chi connectivity index (χ0) is 40.2. The molecule has 5 N–H and O–H groups in total. The van der Waals surface area contributed by atoms with Crippen molar-refractivity contribution in [3.05, 3.63) is 0 Å². The molecule has 4 amide bonds. The van der Waals surface area contributed by atoms with E-state index in [2.05, 4.69) is 21.3 Å². The molecule has 0 rings (SSSR count). The van der Waals surface area contributed by atoms with Crippen molar-refractivity contribution in [1.82, 2.24) is 21.3 Å². The number of nitrogens with one attached hydrogen (secondary N) is 4. The van der Waals surface area contributed by atoms with Crippen molar-refractivity contribution in [1.29, 1.82) is 0 Å². The number of carboxylic acid groups (broad SMARTS) is 1. The summed E-state index contributed by atoms with van der Waals surface area (Å²) in [5.41, 5.74) is 0. The first-order valence-corrected chi connectivity index (χ1v) is 20.1. The molecule has 0 saturated heterocycles. The van der Waals surface area contributed by atoms with E-state index in [1.54, 1.807) is 13.8 Å². The van der Waals surface area contributed by atoms with E-state index in [1.807, 2.05) is 13.8 Å². The average Bonchev–Trinajstić information content (AvgIpc) is 3.12. The molecule has 314 valence electrons. The molecule has 2 atom stereocenters. The number of rotatable bonds is 38. The van der Waals surface area contributed by atoms with Gasteiger partial charge in [-0.2, -0.15) is 0 Å². The van der Waals surface area contributed by atoms with Crippen molar-refractivity contribution >= 4 is 35.4 Å². The maximum Gasteiger partial charge on any atom is 0.303 e. The average molecular weight is 773 g/mol. The molecule has 0 aromatic carbocycles. The van der Waals surface area contributed by atoms with E-state index >= 15 is 0 Å². The van der Waals surface area contributed by atoms with Crippen molar-refractivity contribution in [2.24, 2.45) is 5.92 Å². The summed E-state index contributed by atoms with van der Waals surface area (Å²) in [7, 11) is 0. The Morgan fingerprint density at radius 2 is 0.889 bits per heavy atom. The van der Waals surface area contributed by atoms with Gasteiger partial charge in [0.25, 0.3) is 0 Å². The maximum atomic E-state index is 12.5. The van der Waals surface area contributed by atoms with Crippen LogP contribution in [-0.2, 0) is 47.7 Å². The highest BCUT2D eigenvalue weighted by molar-refractivity contribution is 5.91. The fourth-order valence-corrected chi connectivity index (χ4v) is 5.12. The number of unbranched alkanes of at least 4 members (excludes halogenated alkanes) is 13. The van der Waals surface area contributed by atoms with Gasteiger partial charge in [0.05, 0.1) is 39.6 Å². The Labute approximate surface area is 323 Å². The van der Waals surface area contributed by atoms with Gasteiger partial charge >= 0.3 is 5.97 Å². The van der Waals surface area contributed by atoms with E-state index in [0.717, 1.165) is 44.9 Å². The smallest absolute Gasteiger partial charge is 0.303 e.